The second-order valence-corrected chi connectivity index (χ2v) is 4.72. The van der Waals surface area contributed by atoms with E-state index in [-0.39, 0.29) is 24.0 Å². The molecule has 0 fully saturated rings. The van der Waals surface area contributed by atoms with Crippen molar-refractivity contribution in [2.24, 2.45) is 0 Å². The summed E-state index contributed by atoms with van der Waals surface area (Å²) in [6.45, 7) is 1.95. The molecule has 1 heterocycles. The van der Waals surface area contributed by atoms with Crippen molar-refractivity contribution >= 4 is 40.4 Å². The van der Waals surface area contributed by atoms with Gasteiger partial charge in [0.25, 0.3) is 5.88 Å². The van der Waals surface area contributed by atoms with Gasteiger partial charge >= 0.3 is 5.69 Å². The number of hydrogen-bond donors (Lipinski definition) is 1. The molecule has 1 N–H and O–H groups in total. The molecule has 0 spiro atoms. The Kier molecular flexibility index (Phi) is 4.77. The molecule has 1 aromatic heterocycles. The van der Waals surface area contributed by atoms with E-state index in [1.807, 2.05) is 0 Å². The van der Waals surface area contributed by atoms with Gasteiger partial charge < -0.3 is 10.1 Å². The molecule has 0 saturated heterocycles. The fourth-order valence-corrected chi connectivity index (χ4v) is 2.15. The van der Waals surface area contributed by atoms with Crippen LogP contribution in [0.2, 0.25) is 10.0 Å². The molecule has 0 aliphatic rings. The number of nitrogens with zero attached hydrogens (tertiary/aromatic N) is 3. The molecule has 0 atom stereocenters. The van der Waals surface area contributed by atoms with Crippen LogP contribution in [0.1, 0.15) is 6.92 Å². The summed E-state index contributed by atoms with van der Waals surface area (Å²) < 4.78 is 5.14. The average molecular weight is 329 g/mol. The summed E-state index contributed by atoms with van der Waals surface area (Å²) in [6, 6.07) is 4.69. The van der Waals surface area contributed by atoms with E-state index in [9.17, 15) is 10.1 Å². The van der Waals surface area contributed by atoms with Crippen molar-refractivity contribution in [2.75, 3.05) is 11.9 Å². The number of nitrogens with one attached hydrogen (secondary N) is 1. The predicted molar refractivity (Wildman–Crippen MR) is 79.6 cm³/mol. The lowest BCUT2D eigenvalue weighted by atomic mass is 10.3. The van der Waals surface area contributed by atoms with E-state index in [1.165, 1.54) is 6.33 Å². The summed E-state index contributed by atoms with van der Waals surface area (Å²) in [5.74, 6) is -0.107. The molecule has 21 heavy (non-hydrogen) atoms. The monoisotopic (exact) mass is 328 g/mol. The lowest BCUT2D eigenvalue weighted by molar-refractivity contribution is -0.385. The van der Waals surface area contributed by atoms with Gasteiger partial charge in [0.1, 0.15) is 6.33 Å². The van der Waals surface area contributed by atoms with Crippen LogP contribution < -0.4 is 10.1 Å². The molecule has 0 bridgehead atoms. The largest absolute Gasteiger partial charge is 0.473 e. The van der Waals surface area contributed by atoms with Crippen molar-refractivity contribution in [2.45, 2.75) is 6.92 Å². The minimum atomic E-state index is -0.612. The Morgan fingerprint density at radius 2 is 1.95 bits per heavy atom. The van der Waals surface area contributed by atoms with Gasteiger partial charge in [-0.3, -0.25) is 10.1 Å². The zero-order valence-corrected chi connectivity index (χ0v) is 12.4. The standard InChI is InChI=1S/C12H10Cl2N4O3/c1-2-21-12-10(18(19)20)11(15-6-16-12)17-9-4-7(13)3-8(14)5-9/h3-6H,2H2,1H3,(H,15,16,17). The normalized spacial score (nSPS) is 10.2. The summed E-state index contributed by atoms with van der Waals surface area (Å²) in [7, 11) is 0. The maximum Gasteiger partial charge on any atom is 0.373 e. The van der Waals surface area contributed by atoms with Crippen LogP contribution in [0.5, 0.6) is 5.88 Å². The van der Waals surface area contributed by atoms with E-state index < -0.39 is 4.92 Å². The summed E-state index contributed by atoms with van der Waals surface area (Å²) >= 11 is 11.8. The van der Waals surface area contributed by atoms with E-state index in [0.29, 0.717) is 15.7 Å². The van der Waals surface area contributed by atoms with Gasteiger partial charge in [0.05, 0.1) is 11.5 Å². The highest BCUT2D eigenvalue weighted by atomic mass is 35.5. The van der Waals surface area contributed by atoms with Crippen molar-refractivity contribution in [1.29, 1.82) is 0 Å². The van der Waals surface area contributed by atoms with Crippen LogP contribution in [0.25, 0.3) is 0 Å². The number of rotatable bonds is 5. The van der Waals surface area contributed by atoms with E-state index >= 15 is 0 Å². The van der Waals surface area contributed by atoms with E-state index in [1.54, 1.807) is 25.1 Å². The second kappa shape index (κ2) is 6.55. The lowest BCUT2D eigenvalue weighted by Gasteiger charge is -2.09. The van der Waals surface area contributed by atoms with Crippen LogP contribution in [0, 0.1) is 10.1 Å². The third kappa shape index (κ3) is 3.71. The maximum atomic E-state index is 11.2. The molecule has 2 rings (SSSR count). The van der Waals surface area contributed by atoms with Gasteiger partial charge in [0.2, 0.25) is 5.82 Å². The highest BCUT2D eigenvalue weighted by Crippen LogP contribution is 2.33. The van der Waals surface area contributed by atoms with Crippen molar-refractivity contribution in [3.8, 4) is 5.88 Å². The van der Waals surface area contributed by atoms with Gasteiger partial charge in [-0.2, -0.15) is 4.98 Å². The van der Waals surface area contributed by atoms with Gasteiger partial charge in [-0.15, -0.1) is 0 Å². The molecule has 7 nitrogen and oxygen atoms in total. The summed E-state index contributed by atoms with van der Waals surface area (Å²) in [4.78, 5) is 18.2. The summed E-state index contributed by atoms with van der Waals surface area (Å²) in [5, 5.41) is 14.8. The summed E-state index contributed by atoms with van der Waals surface area (Å²) in [6.07, 6.45) is 1.17. The lowest BCUT2D eigenvalue weighted by Crippen LogP contribution is -2.05. The van der Waals surface area contributed by atoms with E-state index in [4.69, 9.17) is 27.9 Å². The van der Waals surface area contributed by atoms with Gasteiger partial charge in [-0.05, 0) is 25.1 Å². The van der Waals surface area contributed by atoms with E-state index in [2.05, 4.69) is 15.3 Å². The van der Waals surface area contributed by atoms with Crippen molar-refractivity contribution in [1.82, 2.24) is 9.97 Å². The van der Waals surface area contributed by atoms with Crippen molar-refractivity contribution in [3.63, 3.8) is 0 Å². The first-order chi connectivity index (χ1) is 10.0. The number of nitro groups is 1. The Labute approximate surface area is 130 Å². The first-order valence-electron chi connectivity index (χ1n) is 5.86. The van der Waals surface area contributed by atoms with Gasteiger partial charge in [0, 0.05) is 15.7 Å². The fraction of sp³-hybridized carbons (Fsp3) is 0.167. The molecular weight excluding hydrogens is 319 g/mol. The zero-order chi connectivity index (χ0) is 15.4. The number of anilines is 2. The minimum absolute atomic E-state index is 0.00298. The molecule has 0 radical (unpaired) electrons. The quantitative estimate of drug-likeness (QED) is 0.662. The Morgan fingerprint density at radius 1 is 1.29 bits per heavy atom. The van der Waals surface area contributed by atoms with Crippen LogP contribution in [-0.2, 0) is 0 Å². The first-order valence-corrected chi connectivity index (χ1v) is 6.62. The third-order valence-electron chi connectivity index (χ3n) is 2.38. The van der Waals surface area contributed by atoms with Crippen LogP contribution in [0.15, 0.2) is 24.5 Å². The predicted octanol–water partition coefficient (Wildman–Crippen LogP) is 3.83. The Morgan fingerprint density at radius 3 is 2.52 bits per heavy atom. The van der Waals surface area contributed by atoms with Crippen LogP contribution >= 0.6 is 23.2 Å². The highest BCUT2D eigenvalue weighted by molar-refractivity contribution is 6.35. The highest BCUT2D eigenvalue weighted by Gasteiger charge is 2.24. The Balaban J connectivity index is 2.43. The molecule has 0 amide bonds. The number of ether oxygens (including phenoxy) is 1. The molecule has 2 aromatic rings. The smallest absolute Gasteiger partial charge is 0.373 e. The topological polar surface area (TPSA) is 90.2 Å². The van der Waals surface area contributed by atoms with Crippen molar-refractivity contribution < 1.29 is 9.66 Å². The van der Waals surface area contributed by atoms with Gasteiger partial charge in [-0.1, -0.05) is 23.2 Å². The second-order valence-electron chi connectivity index (χ2n) is 3.85. The maximum absolute atomic E-state index is 11.2. The van der Waals surface area contributed by atoms with Crippen LogP contribution in [-0.4, -0.2) is 21.5 Å². The number of hydrogen-bond acceptors (Lipinski definition) is 6. The molecule has 0 aliphatic heterocycles. The zero-order valence-electron chi connectivity index (χ0n) is 10.8. The van der Waals surface area contributed by atoms with Crippen LogP contribution in [0.4, 0.5) is 17.2 Å². The number of halogens is 2. The number of benzene rings is 1. The first kappa shape index (κ1) is 15.3. The molecule has 0 unspecified atom stereocenters. The van der Waals surface area contributed by atoms with Crippen molar-refractivity contribution in [3.05, 3.63) is 44.7 Å². The minimum Gasteiger partial charge on any atom is -0.473 e. The molecule has 110 valence electrons. The van der Waals surface area contributed by atoms with Gasteiger partial charge in [-0.25, -0.2) is 4.98 Å². The molecule has 1 aromatic carbocycles. The van der Waals surface area contributed by atoms with Gasteiger partial charge in [0.15, 0.2) is 0 Å². The Hall–Kier alpha value is -2.12. The molecule has 0 saturated carbocycles. The van der Waals surface area contributed by atoms with Crippen LogP contribution in [0.3, 0.4) is 0 Å². The number of aromatic nitrogens is 2. The molecular formula is C12H10Cl2N4O3. The van der Waals surface area contributed by atoms with E-state index in [0.717, 1.165) is 0 Å². The SMILES string of the molecule is CCOc1ncnc(Nc2cc(Cl)cc(Cl)c2)c1[N+](=O)[O-]. The molecule has 9 heteroatoms. The average Bonchev–Trinajstić information content (AvgIpc) is 2.37. The third-order valence-corrected chi connectivity index (χ3v) is 2.81. The molecule has 0 aliphatic carbocycles. The Bertz CT molecular complexity index is 661. The fourth-order valence-electron chi connectivity index (χ4n) is 1.62. The summed E-state index contributed by atoms with van der Waals surface area (Å²) in [5.41, 5.74) is 0.118.